The fourth-order valence-electron chi connectivity index (χ4n) is 3.18. The largest absolute Gasteiger partial charge is 0.459 e. The Balaban J connectivity index is 1.60. The van der Waals surface area contributed by atoms with Crippen molar-refractivity contribution in [3.8, 4) is 0 Å². The van der Waals surface area contributed by atoms with Crippen molar-refractivity contribution < 1.29 is 19.1 Å². The second kappa shape index (κ2) is 8.12. The van der Waals surface area contributed by atoms with Gasteiger partial charge in [-0.15, -0.1) is 0 Å². The number of amides is 1. The second-order valence-electron chi connectivity index (χ2n) is 8.12. The van der Waals surface area contributed by atoms with Gasteiger partial charge in [-0.2, -0.15) is 0 Å². The van der Waals surface area contributed by atoms with E-state index in [0.29, 0.717) is 25.2 Å². The number of aromatic nitrogens is 2. The molecule has 1 fully saturated rings. The summed E-state index contributed by atoms with van der Waals surface area (Å²) in [5, 5.41) is 0. The van der Waals surface area contributed by atoms with Crippen molar-refractivity contribution in [3.05, 3.63) is 35.7 Å². The smallest absolute Gasteiger partial charge is 0.410 e. The molecule has 28 heavy (non-hydrogen) atoms. The average Bonchev–Trinajstić information content (AvgIpc) is 2.65. The summed E-state index contributed by atoms with van der Waals surface area (Å²) in [6, 6.07) is 7.59. The standard InChI is InChI=1S/C21H27N3O4/c1-14-18(23-17-10-6-5-9-16(17)22-14)13-27-19(25)15-8-7-11-24(12-15)20(26)28-21(2,3)4/h5-6,9-10,15H,7-8,11-13H2,1-4H3/t15-/m1/s1. The van der Waals surface area contributed by atoms with E-state index in [9.17, 15) is 9.59 Å². The first-order valence-electron chi connectivity index (χ1n) is 9.60. The molecule has 1 aliphatic rings. The van der Waals surface area contributed by atoms with Crippen LogP contribution in [-0.2, 0) is 20.9 Å². The number of fused-ring (bicyclic) bond motifs is 1. The number of carbonyl (C=O) groups is 2. The third-order valence-corrected chi connectivity index (χ3v) is 4.60. The summed E-state index contributed by atoms with van der Waals surface area (Å²) in [7, 11) is 0. The summed E-state index contributed by atoms with van der Waals surface area (Å²) in [6.45, 7) is 8.32. The van der Waals surface area contributed by atoms with E-state index in [-0.39, 0.29) is 24.6 Å². The van der Waals surface area contributed by atoms with E-state index in [0.717, 1.165) is 23.1 Å². The van der Waals surface area contributed by atoms with Gasteiger partial charge >= 0.3 is 12.1 Å². The lowest BCUT2D eigenvalue weighted by molar-refractivity contribution is -0.151. The summed E-state index contributed by atoms with van der Waals surface area (Å²) < 4.78 is 10.9. The van der Waals surface area contributed by atoms with Gasteiger partial charge in [0.1, 0.15) is 12.2 Å². The van der Waals surface area contributed by atoms with Gasteiger partial charge in [-0.25, -0.2) is 14.8 Å². The Kier molecular flexibility index (Phi) is 5.82. The molecule has 0 bridgehead atoms. The molecular weight excluding hydrogens is 358 g/mol. The van der Waals surface area contributed by atoms with Crippen LogP contribution in [0, 0.1) is 12.8 Å². The van der Waals surface area contributed by atoms with Crippen molar-refractivity contribution in [1.82, 2.24) is 14.9 Å². The fourth-order valence-corrected chi connectivity index (χ4v) is 3.18. The van der Waals surface area contributed by atoms with Crippen LogP contribution in [0.2, 0.25) is 0 Å². The van der Waals surface area contributed by atoms with E-state index in [1.807, 2.05) is 52.0 Å². The molecule has 1 aliphatic heterocycles. The van der Waals surface area contributed by atoms with Gasteiger partial charge in [0.15, 0.2) is 0 Å². The minimum absolute atomic E-state index is 0.0748. The summed E-state index contributed by atoms with van der Waals surface area (Å²) in [4.78, 5) is 35.5. The Morgan fingerprint density at radius 3 is 2.54 bits per heavy atom. The molecule has 3 rings (SSSR count). The second-order valence-corrected chi connectivity index (χ2v) is 8.12. The average molecular weight is 385 g/mol. The highest BCUT2D eigenvalue weighted by molar-refractivity contribution is 5.76. The third-order valence-electron chi connectivity index (χ3n) is 4.60. The van der Waals surface area contributed by atoms with Crippen LogP contribution in [0.25, 0.3) is 11.0 Å². The number of benzene rings is 1. The number of aryl methyl sites for hydroxylation is 1. The summed E-state index contributed by atoms with van der Waals surface area (Å²) >= 11 is 0. The third kappa shape index (κ3) is 4.97. The highest BCUT2D eigenvalue weighted by Gasteiger charge is 2.32. The number of hydrogen-bond donors (Lipinski definition) is 0. The molecule has 1 aromatic heterocycles. The predicted octanol–water partition coefficient (Wildman–Crippen LogP) is 3.63. The Labute approximate surface area is 165 Å². The van der Waals surface area contributed by atoms with Gasteiger partial charge in [-0.3, -0.25) is 4.79 Å². The van der Waals surface area contributed by atoms with Gasteiger partial charge in [0, 0.05) is 13.1 Å². The number of carbonyl (C=O) groups excluding carboxylic acids is 2. The van der Waals surface area contributed by atoms with Crippen LogP contribution in [-0.4, -0.2) is 45.6 Å². The lowest BCUT2D eigenvalue weighted by atomic mass is 9.98. The monoisotopic (exact) mass is 385 g/mol. The maximum absolute atomic E-state index is 12.6. The van der Waals surface area contributed by atoms with E-state index in [1.54, 1.807) is 4.90 Å². The quantitative estimate of drug-likeness (QED) is 0.751. The molecule has 0 spiro atoms. The number of rotatable bonds is 3. The topological polar surface area (TPSA) is 81.6 Å². The van der Waals surface area contributed by atoms with Crippen LogP contribution in [0.3, 0.4) is 0 Å². The first kappa shape index (κ1) is 20.0. The van der Waals surface area contributed by atoms with Crippen LogP contribution in [0.4, 0.5) is 4.79 Å². The zero-order valence-electron chi connectivity index (χ0n) is 16.9. The zero-order valence-corrected chi connectivity index (χ0v) is 16.9. The minimum Gasteiger partial charge on any atom is -0.459 e. The molecule has 1 atom stereocenters. The van der Waals surface area contributed by atoms with Gasteiger partial charge < -0.3 is 14.4 Å². The van der Waals surface area contributed by atoms with Crippen LogP contribution in [0.15, 0.2) is 24.3 Å². The molecule has 2 heterocycles. The first-order chi connectivity index (χ1) is 13.2. The van der Waals surface area contributed by atoms with Crippen molar-refractivity contribution in [2.75, 3.05) is 13.1 Å². The summed E-state index contributed by atoms with van der Waals surface area (Å²) in [5.41, 5.74) is 2.41. The molecule has 0 radical (unpaired) electrons. The van der Waals surface area contributed by atoms with Gasteiger partial charge in [-0.05, 0) is 52.7 Å². The lowest BCUT2D eigenvalue weighted by Crippen LogP contribution is -2.45. The number of nitrogens with zero attached hydrogens (tertiary/aromatic N) is 3. The minimum atomic E-state index is -0.559. The molecular formula is C21H27N3O4. The number of likely N-dealkylation sites (tertiary alicyclic amines) is 1. The molecule has 1 amide bonds. The highest BCUT2D eigenvalue weighted by Crippen LogP contribution is 2.21. The van der Waals surface area contributed by atoms with Crippen molar-refractivity contribution in [2.24, 2.45) is 5.92 Å². The number of piperidine rings is 1. The van der Waals surface area contributed by atoms with Gasteiger partial charge in [0.2, 0.25) is 0 Å². The zero-order chi connectivity index (χ0) is 20.3. The highest BCUT2D eigenvalue weighted by atomic mass is 16.6. The number of esters is 1. The molecule has 7 nitrogen and oxygen atoms in total. The van der Waals surface area contributed by atoms with E-state index in [2.05, 4.69) is 9.97 Å². The van der Waals surface area contributed by atoms with Crippen molar-refractivity contribution >= 4 is 23.1 Å². The van der Waals surface area contributed by atoms with E-state index >= 15 is 0 Å². The predicted molar refractivity (Wildman–Crippen MR) is 105 cm³/mol. The number of ether oxygens (including phenoxy) is 2. The van der Waals surface area contributed by atoms with Crippen molar-refractivity contribution in [3.63, 3.8) is 0 Å². The molecule has 0 N–H and O–H groups in total. The van der Waals surface area contributed by atoms with E-state index < -0.39 is 5.60 Å². The van der Waals surface area contributed by atoms with Crippen LogP contribution >= 0.6 is 0 Å². The first-order valence-corrected chi connectivity index (χ1v) is 9.60. The number of para-hydroxylation sites is 2. The Morgan fingerprint density at radius 1 is 1.18 bits per heavy atom. The van der Waals surface area contributed by atoms with Crippen LogP contribution in [0.1, 0.15) is 45.0 Å². The molecule has 1 saturated heterocycles. The maximum Gasteiger partial charge on any atom is 0.410 e. The summed E-state index contributed by atoms with van der Waals surface area (Å²) in [6.07, 6.45) is 1.05. The molecule has 0 saturated carbocycles. The lowest BCUT2D eigenvalue weighted by Gasteiger charge is -2.33. The maximum atomic E-state index is 12.6. The molecule has 0 aliphatic carbocycles. The normalized spacial score (nSPS) is 17.4. The Hall–Kier alpha value is -2.70. The fraction of sp³-hybridized carbons (Fsp3) is 0.524. The molecule has 1 aromatic carbocycles. The SMILES string of the molecule is Cc1nc2ccccc2nc1COC(=O)[C@@H]1CCCN(C(=O)OC(C)(C)C)C1. The molecule has 2 aromatic rings. The van der Waals surface area contributed by atoms with Crippen LogP contribution in [0.5, 0.6) is 0 Å². The molecule has 150 valence electrons. The molecule has 0 unspecified atom stereocenters. The molecule has 7 heteroatoms. The van der Waals surface area contributed by atoms with Gasteiger partial charge in [0.05, 0.1) is 28.3 Å². The van der Waals surface area contributed by atoms with Crippen molar-refractivity contribution in [2.45, 2.75) is 52.7 Å². The van der Waals surface area contributed by atoms with Crippen LogP contribution < -0.4 is 0 Å². The van der Waals surface area contributed by atoms with E-state index in [1.165, 1.54) is 0 Å². The van der Waals surface area contributed by atoms with Gasteiger partial charge in [-0.1, -0.05) is 12.1 Å². The summed E-state index contributed by atoms with van der Waals surface area (Å²) in [5.74, 6) is -0.669. The van der Waals surface area contributed by atoms with E-state index in [4.69, 9.17) is 9.47 Å². The number of hydrogen-bond acceptors (Lipinski definition) is 6. The van der Waals surface area contributed by atoms with Crippen molar-refractivity contribution in [1.29, 1.82) is 0 Å². The Bertz CT molecular complexity index is 876. The van der Waals surface area contributed by atoms with Gasteiger partial charge in [0.25, 0.3) is 0 Å². The Morgan fingerprint density at radius 2 is 1.86 bits per heavy atom.